The van der Waals surface area contributed by atoms with Crippen molar-refractivity contribution in [2.75, 3.05) is 0 Å². The van der Waals surface area contributed by atoms with Crippen molar-refractivity contribution in [2.45, 2.75) is 23.3 Å². The van der Waals surface area contributed by atoms with Gasteiger partial charge in [0.1, 0.15) is 5.69 Å². The van der Waals surface area contributed by atoms with Gasteiger partial charge in [-0.1, -0.05) is 29.8 Å². The number of sulfone groups is 1. The summed E-state index contributed by atoms with van der Waals surface area (Å²) in [6.45, 7) is 2.08. The summed E-state index contributed by atoms with van der Waals surface area (Å²) < 4.78 is 25.6. The predicted molar refractivity (Wildman–Crippen MR) is 115 cm³/mol. The van der Waals surface area contributed by atoms with Gasteiger partial charge >= 0.3 is 0 Å². The Hall–Kier alpha value is -3.16. The lowest BCUT2D eigenvalue weighted by Crippen LogP contribution is -2.23. The van der Waals surface area contributed by atoms with Gasteiger partial charge in [0.05, 0.1) is 9.79 Å². The molecule has 0 atom stereocenters. The first-order valence-electron chi connectivity index (χ1n) is 9.16. The molecule has 0 aliphatic heterocycles. The molecular weight excluding hydrogens is 422 g/mol. The standard InChI is InChI=1S/C22H18ClN3O3S/c1-14-2-5-18(11-19(14)23)30(28,29)17-6-3-15(4-7-17)12-25-22(27)21-10-16-13-24-9-8-20(16)26-21/h2-11,13,26H,12H2,1H3,(H,25,27). The normalized spacial score (nSPS) is 11.5. The number of carbonyl (C=O) groups excluding carboxylic acids is 1. The number of aryl methyl sites for hydroxylation is 1. The highest BCUT2D eigenvalue weighted by Crippen LogP contribution is 2.25. The maximum atomic E-state index is 12.8. The zero-order valence-electron chi connectivity index (χ0n) is 16.0. The molecule has 0 unspecified atom stereocenters. The molecule has 0 aliphatic rings. The fourth-order valence-electron chi connectivity index (χ4n) is 3.04. The number of fused-ring (bicyclic) bond motifs is 1. The van der Waals surface area contributed by atoms with Gasteiger partial charge in [0.15, 0.2) is 0 Å². The molecule has 152 valence electrons. The second-order valence-corrected chi connectivity index (χ2v) is 9.24. The van der Waals surface area contributed by atoms with Crippen LogP contribution in [-0.4, -0.2) is 24.3 Å². The Morgan fingerprint density at radius 3 is 2.50 bits per heavy atom. The number of aromatic amines is 1. The van der Waals surface area contributed by atoms with Crippen molar-refractivity contribution >= 4 is 38.2 Å². The van der Waals surface area contributed by atoms with Crippen LogP contribution in [0, 0.1) is 6.92 Å². The van der Waals surface area contributed by atoms with E-state index in [1.807, 2.05) is 6.92 Å². The minimum Gasteiger partial charge on any atom is -0.350 e. The number of rotatable bonds is 5. The number of amides is 1. The van der Waals surface area contributed by atoms with Crippen LogP contribution in [0.2, 0.25) is 5.02 Å². The van der Waals surface area contributed by atoms with Gasteiger partial charge in [0.2, 0.25) is 9.84 Å². The van der Waals surface area contributed by atoms with Crippen LogP contribution in [0.3, 0.4) is 0 Å². The van der Waals surface area contributed by atoms with Crippen molar-refractivity contribution in [3.8, 4) is 0 Å². The van der Waals surface area contributed by atoms with Gasteiger partial charge in [-0.25, -0.2) is 8.42 Å². The Labute approximate surface area is 178 Å². The number of hydrogen-bond acceptors (Lipinski definition) is 4. The monoisotopic (exact) mass is 439 g/mol. The topological polar surface area (TPSA) is 91.9 Å². The minimum atomic E-state index is -3.67. The zero-order chi connectivity index (χ0) is 21.3. The number of halogens is 1. The molecule has 2 aromatic carbocycles. The fourth-order valence-corrected chi connectivity index (χ4v) is 4.57. The second kappa shape index (κ2) is 7.93. The molecule has 0 aliphatic carbocycles. The van der Waals surface area contributed by atoms with Crippen LogP contribution >= 0.6 is 11.6 Å². The molecule has 4 aromatic rings. The van der Waals surface area contributed by atoms with E-state index in [2.05, 4.69) is 15.3 Å². The molecule has 30 heavy (non-hydrogen) atoms. The summed E-state index contributed by atoms with van der Waals surface area (Å²) in [4.78, 5) is 19.8. The summed E-state index contributed by atoms with van der Waals surface area (Å²) >= 11 is 6.07. The van der Waals surface area contributed by atoms with Crippen molar-refractivity contribution in [1.29, 1.82) is 0 Å². The molecule has 0 fully saturated rings. The Bertz CT molecular complexity index is 1310. The maximum absolute atomic E-state index is 12.8. The van der Waals surface area contributed by atoms with Gasteiger partial charge in [-0.2, -0.15) is 0 Å². The van der Waals surface area contributed by atoms with Crippen molar-refractivity contribution < 1.29 is 13.2 Å². The van der Waals surface area contributed by atoms with E-state index in [9.17, 15) is 13.2 Å². The van der Waals surface area contributed by atoms with E-state index < -0.39 is 9.84 Å². The highest BCUT2D eigenvalue weighted by atomic mass is 35.5. The summed E-state index contributed by atoms with van der Waals surface area (Å²) in [6.07, 6.45) is 3.34. The molecule has 6 nitrogen and oxygen atoms in total. The molecule has 2 N–H and O–H groups in total. The lowest BCUT2D eigenvalue weighted by molar-refractivity contribution is 0.0946. The first kappa shape index (κ1) is 20.1. The van der Waals surface area contributed by atoms with Gasteiger partial charge in [-0.3, -0.25) is 9.78 Å². The van der Waals surface area contributed by atoms with Gasteiger partial charge < -0.3 is 10.3 Å². The maximum Gasteiger partial charge on any atom is 0.267 e. The Kier molecular flexibility index (Phi) is 5.32. The lowest BCUT2D eigenvalue weighted by atomic mass is 10.2. The Morgan fingerprint density at radius 2 is 1.80 bits per heavy atom. The van der Waals surface area contributed by atoms with Crippen LogP contribution in [0.5, 0.6) is 0 Å². The third kappa shape index (κ3) is 3.94. The van der Waals surface area contributed by atoms with Gasteiger partial charge in [-0.05, 0) is 54.4 Å². The summed E-state index contributed by atoms with van der Waals surface area (Å²) in [6, 6.07) is 14.6. The van der Waals surface area contributed by atoms with Crippen LogP contribution in [0.4, 0.5) is 0 Å². The summed E-state index contributed by atoms with van der Waals surface area (Å²) in [7, 11) is -3.67. The number of hydrogen-bond donors (Lipinski definition) is 2. The molecule has 0 saturated heterocycles. The first-order valence-corrected chi connectivity index (χ1v) is 11.0. The average Bonchev–Trinajstić information content (AvgIpc) is 3.18. The van der Waals surface area contributed by atoms with E-state index in [-0.39, 0.29) is 22.2 Å². The van der Waals surface area contributed by atoms with Crippen molar-refractivity contribution in [2.24, 2.45) is 0 Å². The summed E-state index contributed by atoms with van der Waals surface area (Å²) in [5.41, 5.74) is 2.87. The number of aromatic nitrogens is 2. The molecule has 8 heteroatoms. The van der Waals surface area contributed by atoms with Crippen molar-refractivity contribution in [3.63, 3.8) is 0 Å². The molecule has 0 spiro atoms. The number of H-pyrrole nitrogens is 1. The highest BCUT2D eigenvalue weighted by Gasteiger charge is 2.18. The van der Waals surface area contributed by atoms with E-state index in [0.717, 1.165) is 22.0 Å². The lowest BCUT2D eigenvalue weighted by Gasteiger charge is -2.08. The van der Waals surface area contributed by atoms with Crippen LogP contribution in [0.15, 0.2) is 76.8 Å². The number of benzene rings is 2. The zero-order valence-corrected chi connectivity index (χ0v) is 17.6. The quantitative estimate of drug-likeness (QED) is 0.485. The predicted octanol–water partition coefficient (Wildman–Crippen LogP) is 4.29. The summed E-state index contributed by atoms with van der Waals surface area (Å²) in [5, 5.41) is 4.08. The molecule has 0 bridgehead atoms. The third-order valence-electron chi connectivity index (χ3n) is 4.81. The van der Waals surface area contributed by atoms with Crippen LogP contribution in [0.1, 0.15) is 21.6 Å². The number of pyridine rings is 1. The van der Waals surface area contributed by atoms with E-state index in [4.69, 9.17) is 11.6 Å². The number of nitrogens with one attached hydrogen (secondary N) is 2. The number of carbonyl (C=O) groups is 1. The molecule has 2 aromatic heterocycles. The number of nitrogens with zero attached hydrogens (tertiary/aromatic N) is 1. The molecule has 4 rings (SSSR count). The SMILES string of the molecule is Cc1ccc(S(=O)(=O)c2ccc(CNC(=O)c3cc4cnccc4[nH]3)cc2)cc1Cl. The highest BCUT2D eigenvalue weighted by molar-refractivity contribution is 7.91. The molecule has 0 saturated carbocycles. The van der Waals surface area contributed by atoms with Crippen LogP contribution in [0.25, 0.3) is 10.9 Å². The van der Waals surface area contributed by atoms with Crippen LogP contribution < -0.4 is 5.32 Å². The van der Waals surface area contributed by atoms with Gasteiger partial charge in [0, 0.05) is 34.9 Å². The van der Waals surface area contributed by atoms with E-state index in [1.165, 1.54) is 18.2 Å². The first-order chi connectivity index (χ1) is 14.3. The van der Waals surface area contributed by atoms with E-state index in [0.29, 0.717) is 10.7 Å². The van der Waals surface area contributed by atoms with Crippen molar-refractivity contribution in [3.05, 3.63) is 88.8 Å². The summed E-state index contributed by atoms with van der Waals surface area (Å²) in [5.74, 6) is -0.253. The minimum absolute atomic E-state index is 0.146. The Morgan fingerprint density at radius 1 is 1.07 bits per heavy atom. The van der Waals surface area contributed by atoms with E-state index >= 15 is 0 Å². The average molecular weight is 440 g/mol. The van der Waals surface area contributed by atoms with Gasteiger partial charge in [0.25, 0.3) is 5.91 Å². The van der Waals surface area contributed by atoms with Crippen molar-refractivity contribution in [1.82, 2.24) is 15.3 Å². The second-order valence-electron chi connectivity index (χ2n) is 6.89. The van der Waals surface area contributed by atoms with Gasteiger partial charge in [-0.15, -0.1) is 0 Å². The van der Waals surface area contributed by atoms with Crippen LogP contribution in [-0.2, 0) is 16.4 Å². The largest absolute Gasteiger partial charge is 0.350 e. The third-order valence-corrected chi connectivity index (χ3v) is 6.98. The molecule has 0 radical (unpaired) electrons. The fraction of sp³-hybridized carbons (Fsp3) is 0.0909. The molecular formula is C22H18ClN3O3S. The smallest absolute Gasteiger partial charge is 0.267 e. The molecule has 2 heterocycles. The van der Waals surface area contributed by atoms with E-state index in [1.54, 1.807) is 48.8 Å². The Balaban J connectivity index is 1.46. The molecule has 1 amide bonds.